The van der Waals surface area contributed by atoms with Crippen LogP contribution >= 0.6 is 15.6 Å². The summed E-state index contributed by atoms with van der Waals surface area (Å²) in [5.41, 5.74) is 0. The van der Waals surface area contributed by atoms with Crippen molar-refractivity contribution in [2.45, 2.75) is 426 Å². The molecule has 0 fully saturated rings. The molecule has 0 radical (unpaired) electrons. The Morgan fingerprint density at radius 3 is 0.701 bits per heavy atom. The van der Waals surface area contributed by atoms with Crippen LogP contribution in [-0.2, 0) is 65.4 Å². The van der Waals surface area contributed by atoms with E-state index in [0.29, 0.717) is 25.7 Å². The van der Waals surface area contributed by atoms with Crippen molar-refractivity contribution in [1.29, 1.82) is 0 Å². The van der Waals surface area contributed by atoms with E-state index in [9.17, 15) is 43.2 Å². The molecule has 0 bridgehead atoms. The maximum Gasteiger partial charge on any atom is 0.472 e. The lowest BCUT2D eigenvalue weighted by molar-refractivity contribution is -0.161. The number of phosphoric ester groups is 2. The van der Waals surface area contributed by atoms with Crippen molar-refractivity contribution in [1.82, 2.24) is 0 Å². The summed E-state index contributed by atoms with van der Waals surface area (Å²) in [5, 5.41) is 10.6. The molecule has 19 heteroatoms. The fraction of sp³-hybridized carbons (Fsp3) is 0.949. The van der Waals surface area contributed by atoms with Crippen LogP contribution in [-0.4, -0.2) is 96.7 Å². The van der Waals surface area contributed by atoms with Crippen molar-refractivity contribution in [2.24, 2.45) is 11.8 Å². The average molecular weight is 1420 g/mol. The van der Waals surface area contributed by atoms with Crippen molar-refractivity contribution in [2.75, 3.05) is 39.6 Å². The van der Waals surface area contributed by atoms with E-state index in [1.807, 2.05) is 0 Å². The van der Waals surface area contributed by atoms with Crippen molar-refractivity contribution in [3.8, 4) is 0 Å². The summed E-state index contributed by atoms with van der Waals surface area (Å²) in [6.07, 6.45) is 58.2. The van der Waals surface area contributed by atoms with Gasteiger partial charge >= 0.3 is 39.5 Å². The molecule has 17 nitrogen and oxygen atoms in total. The zero-order valence-corrected chi connectivity index (χ0v) is 65.2. The van der Waals surface area contributed by atoms with Gasteiger partial charge in [0.05, 0.1) is 26.4 Å². The highest BCUT2D eigenvalue weighted by atomic mass is 31.2. The van der Waals surface area contributed by atoms with Gasteiger partial charge in [-0.1, -0.05) is 356 Å². The molecule has 0 aromatic heterocycles. The Labute approximate surface area is 594 Å². The van der Waals surface area contributed by atoms with Crippen LogP contribution < -0.4 is 0 Å². The van der Waals surface area contributed by atoms with E-state index in [1.165, 1.54) is 225 Å². The first kappa shape index (κ1) is 95.1. The lowest BCUT2D eigenvalue weighted by Crippen LogP contribution is -2.30. The van der Waals surface area contributed by atoms with Crippen LogP contribution in [0.2, 0.25) is 0 Å². The highest BCUT2D eigenvalue weighted by Crippen LogP contribution is 2.45. The highest BCUT2D eigenvalue weighted by Gasteiger charge is 2.30. The van der Waals surface area contributed by atoms with Crippen molar-refractivity contribution in [3.63, 3.8) is 0 Å². The van der Waals surface area contributed by atoms with E-state index in [1.54, 1.807) is 0 Å². The van der Waals surface area contributed by atoms with Gasteiger partial charge in [0.1, 0.15) is 19.3 Å². The molecule has 5 atom stereocenters. The standard InChI is InChI=1S/C78H152O17P2/c1-7-9-11-13-15-17-19-21-23-25-27-29-36-42-48-54-60-75(80)88-66-73(94-77(82)62-56-50-44-37-30-28-26-24-22-20-18-16-14-12-10-8-2)68-92-96(84,85)90-64-72(79)65-91-97(86,87)93-69-74(67-89-76(81)61-55-49-43-39-33-35-41-47-53-59-71(5)6)95-78(83)63-57-51-45-38-32-31-34-40-46-52-58-70(3)4/h70-74,79H,7-69H2,1-6H3,(H,84,85)(H,86,87)/t72-,73-,74-/m1/s1. The van der Waals surface area contributed by atoms with Crippen molar-refractivity contribution >= 4 is 39.5 Å². The Morgan fingerprint density at radius 2 is 0.474 bits per heavy atom. The number of phosphoric acid groups is 2. The molecule has 0 aliphatic heterocycles. The van der Waals surface area contributed by atoms with Crippen LogP contribution in [0.25, 0.3) is 0 Å². The molecule has 576 valence electrons. The molecular weight excluding hydrogens is 1270 g/mol. The number of esters is 4. The molecule has 0 aromatic rings. The van der Waals surface area contributed by atoms with Gasteiger partial charge in [0.25, 0.3) is 0 Å². The molecule has 97 heavy (non-hydrogen) atoms. The topological polar surface area (TPSA) is 237 Å². The number of carbonyl (C=O) groups is 4. The normalized spacial score (nSPS) is 14.0. The maximum absolute atomic E-state index is 13.1. The minimum atomic E-state index is -4.96. The third kappa shape index (κ3) is 72.2. The molecule has 0 amide bonds. The van der Waals surface area contributed by atoms with Crippen molar-refractivity contribution < 1.29 is 80.2 Å². The Kier molecular flexibility index (Phi) is 68.4. The minimum Gasteiger partial charge on any atom is -0.462 e. The predicted octanol–water partition coefficient (Wildman–Crippen LogP) is 23.1. The fourth-order valence-electron chi connectivity index (χ4n) is 12.0. The van der Waals surface area contributed by atoms with Gasteiger partial charge in [0.15, 0.2) is 12.2 Å². The third-order valence-electron chi connectivity index (χ3n) is 18.2. The molecule has 0 saturated heterocycles. The Morgan fingerprint density at radius 1 is 0.278 bits per heavy atom. The van der Waals surface area contributed by atoms with Gasteiger partial charge in [-0.3, -0.25) is 37.3 Å². The number of aliphatic hydroxyl groups excluding tert-OH is 1. The third-order valence-corrected chi connectivity index (χ3v) is 20.1. The molecule has 0 heterocycles. The van der Waals surface area contributed by atoms with E-state index < -0.39 is 97.5 Å². The van der Waals surface area contributed by atoms with E-state index in [4.69, 9.17) is 37.0 Å². The summed E-state index contributed by atoms with van der Waals surface area (Å²) in [4.78, 5) is 72.9. The van der Waals surface area contributed by atoms with Gasteiger partial charge in [-0.25, -0.2) is 9.13 Å². The number of aliphatic hydroxyl groups is 1. The Hall–Kier alpha value is -1.94. The molecule has 2 unspecified atom stereocenters. The Bertz CT molecular complexity index is 1870. The van der Waals surface area contributed by atoms with Crippen LogP contribution in [0.5, 0.6) is 0 Å². The number of unbranched alkanes of at least 4 members (excludes halogenated alkanes) is 47. The summed E-state index contributed by atoms with van der Waals surface area (Å²) in [5.74, 6) is -0.615. The maximum atomic E-state index is 13.1. The first-order valence-electron chi connectivity index (χ1n) is 40.5. The molecule has 0 aliphatic carbocycles. The zero-order valence-electron chi connectivity index (χ0n) is 63.4. The van der Waals surface area contributed by atoms with E-state index in [2.05, 4.69) is 41.5 Å². The smallest absolute Gasteiger partial charge is 0.462 e. The quantitative estimate of drug-likeness (QED) is 0.0222. The number of carbonyl (C=O) groups excluding carboxylic acids is 4. The number of ether oxygens (including phenoxy) is 4. The monoisotopic (exact) mass is 1420 g/mol. The summed E-state index contributed by atoms with van der Waals surface area (Å²) in [6.45, 7) is 9.59. The van der Waals surface area contributed by atoms with Crippen LogP contribution in [0.15, 0.2) is 0 Å². The summed E-state index contributed by atoms with van der Waals surface area (Å²) < 4.78 is 68.6. The fourth-order valence-corrected chi connectivity index (χ4v) is 13.6. The molecule has 0 saturated carbocycles. The SMILES string of the molecule is CCCCCCCCCCCCCCCCCCC(=O)OC[C@H](COP(=O)(O)OC[C@@H](O)COP(=O)(O)OC[C@@H](COC(=O)CCCCCCCCCCCC(C)C)OC(=O)CCCCCCCCCCCCC(C)C)OC(=O)CCCCCCCCCCCCCCCCCC. The van der Waals surface area contributed by atoms with E-state index >= 15 is 0 Å². The number of hydrogen-bond acceptors (Lipinski definition) is 15. The second kappa shape index (κ2) is 69.8. The van der Waals surface area contributed by atoms with E-state index in [0.717, 1.165) is 102 Å². The lowest BCUT2D eigenvalue weighted by atomic mass is 10.0. The van der Waals surface area contributed by atoms with Gasteiger partial charge in [-0.15, -0.1) is 0 Å². The largest absolute Gasteiger partial charge is 0.472 e. The highest BCUT2D eigenvalue weighted by molar-refractivity contribution is 7.47. The number of hydrogen-bond donors (Lipinski definition) is 3. The van der Waals surface area contributed by atoms with Gasteiger partial charge in [-0.2, -0.15) is 0 Å². The molecule has 0 rings (SSSR count). The van der Waals surface area contributed by atoms with Crippen LogP contribution in [0, 0.1) is 11.8 Å². The number of rotatable bonds is 77. The molecule has 0 aromatic carbocycles. The van der Waals surface area contributed by atoms with Gasteiger partial charge < -0.3 is 33.8 Å². The zero-order chi connectivity index (χ0) is 71.4. The van der Waals surface area contributed by atoms with Crippen LogP contribution in [0.3, 0.4) is 0 Å². The molecule has 3 N–H and O–H groups in total. The summed E-state index contributed by atoms with van der Waals surface area (Å²) in [7, 11) is -9.92. The van der Waals surface area contributed by atoms with Crippen LogP contribution in [0.1, 0.15) is 408 Å². The summed E-state index contributed by atoms with van der Waals surface area (Å²) >= 11 is 0. The van der Waals surface area contributed by atoms with Gasteiger partial charge in [0.2, 0.25) is 0 Å². The molecule has 0 aliphatic rings. The second-order valence-corrected chi connectivity index (χ2v) is 32.0. The Balaban J connectivity index is 5.26. The first-order chi connectivity index (χ1) is 46.9. The molecular formula is C78H152O17P2. The first-order valence-corrected chi connectivity index (χ1v) is 43.5. The summed E-state index contributed by atoms with van der Waals surface area (Å²) in [6, 6.07) is 0. The van der Waals surface area contributed by atoms with Crippen LogP contribution in [0.4, 0.5) is 0 Å². The van der Waals surface area contributed by atoms with Gasteiger partial charge in [0, 0.05) is 25.7 Å². The predicted molar refractivity (Wildman–Crippen MR) is 395 cm³/mol. The average Bonchev–Trinajstić information content (AvgIpc) is 1.20. The van der Waals surface area contributed by atoms with Crippen molar-refractivity contribution in [3.05, 3.63) is 0 Å². The van der Waals surface area contributed by atoms with Gasteiger partial charge in [-0.05, 0) is 37.5 Å². The van der Waals surface area contributed by atoms with E-state index in [-0.39, 0.29) is 25.7 Å². The second-order valence-electron chi connectivity index (χ2n) is 29.1. The lowest BCUT2D eigenvalue weighted by Gasteiger charge is -2.21. The molecule has 0 spiro atoms. The minimum absolute atomic E-state index is 0.106.